The van der Waals surface area contributed by atoms with Crippen LogP contribution in [0.25, 0.3) is 11.6 Å². The molecular weight excluding hydrogens is 278 g/mol. The summed E-state index contributed by atoms with van der Waals surface area (Å²) in [4.78, 5) is 0. The first-order chi connectivity index (χ1) is 10.7. The summed E-state index contributed by atoms with van der Waals surface area (Å²) in [5.74, 6) is -0.552. The molecule has 0 heterocycles. The van der Waals surface area contributed by atoms with Crippen LogP contribution in [0.5, 0.6) is 0 Å². The summed E-state index contributed by atoms with van der Waals surface area (Å²) in [6.07, 6.45) is 2.01. The van der Waals surface area contributed by atoms with Crippen LogP contribution in [0.1, 0.15) is 16.7 Å². The number of halogens is 2. The highest BCUT2D eigenvalue weighted by atomic mass is 19.1. The lowest BCUT2D eigenvalue weighted by molar-refractivity contribution is 0.627. The van der Waals surface area contributed by atoms with E-state index in [4.69, 9.17) is 0 Å². The maximum absolute atomic E-state index is 13.2. The van der Waals surface area contributed by atoms with Crippen LogP contribution in [0.15, 0.2) is 78.9 Å². The third-order valence-electron chi connectivity index (χ3n) is 3.42. The maximum atomic E-state index is 13.2. The van der Waals surface area contributed by atoms with E-state index in [1.807, 2.05) is 36.4 Å². The van der Waals surface area contributed by atoms with Crippen LogP contribution in [0, 0.1) is 11.6 Å². The van der Waals surface area contributed by atoms with Crippen molar-refractivity contribution in [3.05, 3.63) is 107 Å². The topological polar surface area (TPSA) is 0 Å². The number of hydrogen-bond donors (Lipinski definition) is 0. The van der Waals surface area contributed by atoms with E-state index < -0.39 is 0 Å². The first-order valence-corrected chi connectivity index (χ1v) is 7.01. The van der Waals surface area contributed by atoms with Gasteiger partial charge < -0.3 is 0 Å². The molecule has 22 heavy (non-hydrogen) atoms. The van der Waals surface area contributed by atoms with E-state index in [1.165, 1.54) is 24.3 Å². The van der Waals surface area contributed by atoms with Crippen molar-refractivity contribution in [1.29, 1.82) is 0 Å². The highest BCUT2D eigenvalue weighted by Crippen LogP contribution is 2.26. The molecule has 0 fully saturated rings. The largest absolute Gasteiger partial charge is 0.207 e. The standard InChI is InChI=1S/C20H14F2/c21-18-10-6-16(7-11-18)20(14-15-4-2-1-3-5-15)17-8-12-19(22)13-9-17/h1-14H. The van der Waals surface area contributed by atoms with Crippen LogP contribution >= 0.6 is 0 Å². The predicted octanol–water partition coefficient (Wildman–Crippen LogP) is 5.55. The summed E-state index contributed by atoms with van der Waals surface area (Å²) in [7, 11) is 0. The quantitative estimate of drug-likeness (QED) is 0.555. The van der Waals surface area contributed by atoms with Gasteiger partial charge in [-0.25, -0.2) is 8.78 Å². The average Bonchev–Trinajstić information content (AvgIpc) is 2.56. The van der Waals surface area contributed by atoms with E-state index in [0.29, 0.717) is 0 Å². The Balaban J connectivity index is 2.11. The van der Waals surface area contributed by atoms with Gasteiger partial charge in [0, 0.05) is 0 Å². The van der Waals surface area contributed by atoms with Gasteiger partial charge in [-0.2, -0.15) is 0 Å². The molecule has 108 valence electrons. The molecule has 0 nitrogen and oxygen atoms in total. The summed E-state index contributed by atoms with van der Waals surface area (Å²) < 4.78 is 26.3. The van der Waals surface area contributed by atoms with E-state index >= 15 is 0 Å². The Kier molecular flexibility index (Phi) is 4.10. The fourth-order valence-electron chi connectivity index (χ4n) is 2.31. The van der Waals surface area contributed by atoms with E-state index in [0.717, 1.165) is 22.3 Å². The second kappa shape index (κ2) is 6.35. The van der Waals surface area contributed by atoms with Crippen molar-refractivity contribution < 1.29 is 8.78 Å². The van der Waals surface area contributed by atoms with Gasteiger partial charge >= 0.3 is 0 Å². The van der Waals surface area contributed by atoms with Crippen LogP contribution in [0.3, 0.4) is 0 Å². The molecule has 0 N–H and O–H groups in total. The highest BCUT2D eigenvalue weighted by molar-refractivity contribution is 5.91. The first kappa shape index (κ1) is 14.2. The molecule has 0 aliphatic heterocycles. The molecule has 2 heteroatoms. The predicted molar refractivity (Wildman–Crippen MR) is 86.2 cm³/mol. The summed E-state index contributed by atoms with van der Waals surface area (Å²) in [5.41, 5.74) is 3.73. The summed E-state index contributed by atoms with van der Waals surface area (Å²) >= 11 is 0. The average molecular weight is 292 g/mol. The molecule has 0 atom stereocenters. The van der Waals surface area contributed by atoms with E-state index in [-0.39, 0.29) is 11.6 Å². The smallest absolute Gasteiger partial charge is 0.123 e. The van der Waals surface area contributed by atoms with E-state index in [9.17, 15) is 8.78 Å². The summed E-state index contributed by atoms with van der Waals surface area (Å²) in [6, 6.07) is 22.5. The first-order valence-electron chi connectivity index (χ1n) is 7.01. The zero-order valence-corrected chi connectivity index (χ0v) is 11.8. The third-order valence-corrected chi connectivity index (χ3v) is 3.42. The zero-order chi connectivity index (χ0) is 15.4. The van der Waals surface area contributed by atoms with Crippen molar-refractivity contribution in [1.82, 2.24) is 0 Å². The van der Waals surface area contributed by atoms with Gasteiger partial charge in [0.05, 0.1) is 0 Å². The van der Waals surface area contributed by atoms with Crippen LogP contribution in [0.4, 0.5) is 8.78 Å². The van der Waals surface area contributed by atoms with Crippen LogP contribution in [-0.2, 0) is 0 Å². The van der Waals surface area contributed by atoms with Gasteiger partial charge in [0.25, 0.3) is 0 Å². The van der Waals surface area contributed by atoms with Gasteiger partial charge in [0.2, 0.25) is 0 Å². The number of rotatable bonds is 3. The molecular formula is C20H14F2. The van der Waals surface area contributed by atoms with Gasteiger partial charge in [0.1, 0.15) is 11.6 Å². The molecule has 0 saturated carbocycles. The molecule has 0 aliphatic carbocycles. The van der Waals surface area contributed by atoms with E-state index in [1.54, 1.807) is 24.3 Å². The van der Waals surface area contributed by atoms with Crippen LogP contribution < -0.4 is 0 Å². The van der Waals surface area contributed by atoms with E-state index in [2.05, 4.69) is 0 Å². The Morgan fingerprint density at radius 1 is 0.591 bits per heavy atom. The Bertz CT molecular complexity index is 723. The summed E-state index contributed by atoms with van der Waals surface area (Å²) in [5, 5.41) is 0. The van der Waals surface area contributed by atoms with Gasteiger partial charge in [0.15, 0.2) is 0 Å². The van der Waals surface area contributed by atoms with Crippen molar-refractivity contribution in [2.45, 2.75) is 0 Å². The van der Waals surface area contributed by atoms with Crippen molar-refractivity contribution in [2.24, 2.45) is 0 Å². The SMILES string of the molecule is Fc1ccc(C(=Cc2ccccc2)c2ccc(F)cc2)cc1. The summed E-state index contributed by atoms with van der Waals surface area (Å²) in [6.45, 7) is 0. The second-order valence-corrected chi connectivity index (χ2v) is 4.98. The number of benzene rings is 3. The fourth-order valence-corrected chi connectivity index (χ4v) is 2.31. The van der Waals surface area contributed by atoms with Crippen molar-refractivity contribution >= 4 is 11.6 Å². The van der Waals surface area contributed by atoms with Crippen LogP contribution in [0.2, 0.25) is 0 Å². The molecule has 0 amide bonds. The van der Waals surface area contributed by atoms with Crippen molar-refractivity contribution in [3.8, 4) is 0 Å². The van der Waals surface area contributed by atoms with Crippen molar-refractivity contribution in [3.63, 3.8) is 0 Å². The molecule has 0 saturated heterocycles. The van der Waals surface area contributed by atoms with Crippen LogP contribution in [-0.4, -0.2) is 0 Å². The minimum Gasteiger partial charge on any atom is -0.207 e. The third kappa shape index (κ3) is 3.29. The number of hydrogen-bond acceptors (Lipinski definition) is 0. The molecule has 3 aromatic rings. The Morgan fingerprint density at radius 2 is 1.05 bits per heavy atom. The molecule has 0 radical (unpaired) electrons. The second-order valence-electron chi connectivity index (χ2n) is 4.98. The van der Waals surface area contributed by atoms with Crippen molar-refractivity contribution in [2.75, 3.05) is 0 Å². The lowest BCUT2D eigenvalue weighted by Crippen LogP contribution is -1.89. The van der Waals surface area contributed by atoms with Gasteiger partial charge in [-0.3, -0.25) is 0 Å². The molecule has 3 rings (SSSR count). The fraction of sp³-hybridized carbons (Fsp3) is 0. The monoisotopic (exact) mass is 292 g/mol. The molecule has 0 spiro atoms. The zero-order valence-electron chi connectivity index (χ0n) is 11.8. The lowest BCUT2D eigenvalue weighted by atomic mass is 9.95. The normalized spacial score (nSPS) is 10.3. The minimum absolute atomic E-state index is 0.276. The Labute approximate surface area is 128 Å². The maximum Gasteiger partial charge on any atom is 0.123 e. The molecule has 0 aromatic heterocycles. The molecule has 0 aliphatic rings. The minimum atomic E-state index is -0.276. The van der Waals surface area contributed by atoms with Gasteiger partial charge in [-0.15, -0.1) is 0 Å². The highest BCUT2D eigenvalue weighted by Gasteiger charge is 2.06. The Morgan fingerprint density at radius 3 is 1.50 bits per heavy atom. The molecule has 0 unspecified atom stereocenters. The van der Waals surface area contributed by atoms with Gasteiger partial charge in [-0.1, -0.05) is 54.6 Å². The van der Waals surface area contributed by atoms with Gasteiger partial charge in [-0.05, 0) is 52.6 Å². The Hall–Kier alpha value is -2.74. The molecule has 3 aromatic carbocycles. The lowest BCUT2D eigenvalue weighted by Gasteiger charge is -2.09. The molecule has 0 bridgehead atoms.